The topological polar surface area (TPSA) is 64.6 Å². The first-order chi connectivity index (χ1) is 11.0. The van der Waals surface area contributed by atoms with Crippen LogP contribution in [0.15, 0.2) is 50.2 Å². The summed E-state index contributed by atoms with van der Waals surface area (Å²) in [5.74, 6) is 1.23. The van der Waals surface area contributed by atoms with Crippen molar-refractivity contribution in [2.45, 2.75) is 11.4 Å². The van der Waals surface area contributed by atoms with Crippen LogP contribution in [0.4, 0.5) is 0 Å². The van der Waals surface area contributed by atoms with Crippen molar-refractivity contribution in [3.8, 4) is 11.5 Å². The number of sulfonamides is 1. The normalized spacial score (nSPS) is 13.8. The minimum atomic E-state index is -3.65. The Labute approximate surface area is 151 Å². The summed E-state index contributed by atoms with van der Waals surface area (Å²) in [4.78, 5) is 0.183. The average Bonchev–Trinajstić information content (AvgIpc) is 2.52. The Hall–Kier alpha value is -1.09. The van der Waals surface area contributed by atoms with Gasteiger partial charge in [-0.15, -0.1) is 0 Å². The molecule has 0 saturated heterocycles. The number of para-hydroxylation sites is 1. The predicted octanol–water partition coefficient (Wildman–Crippen LogP) is 3.46. The zero-order valence-electron chi connectivity index (χ0n) is 11.9. The van der Waals surface area contributed by atoms with Crippen molar-refractivity contribution in [3.63, 3.8) is 0 Å². The van der Waals surface area contributed by atoms with Gasteiger partial charge < -0.3 is 9.47 Å². The second-order valence-electron chi connectivity index (χ2n) is 4.84. The smallest absolute Gasteiger partial charge is 0.241 e. The number of nitrogens with one attached hydrogen (secondary N) is 1. The third-order valence-electron chi connectivity index (χ3n) is 3.28. The zero-order valence-corrected chi connectivity index (χ0v) is 15.9. The second-order valence-corrected chi connectivity index (χ2v) is 8.35. The lowest BCUT2D eigenvalue weighted by atomic mass is 10.2. The summed E-state index contributed by atoms with van der Waals surface area (Å²) < 4.78 is 39.9. The highest BCUT2D eigenvalue weighted by atomic mass is 79.9. The lowest BCUT2D eigenvalue weighted by Gasteiger charge is -2.21. The van der Waals surface area contributed by atoms with Crippen molar-refractivity contribution in [2.24, 2.45) is 0 Å². The molecule has 0 amide bonds. The van der Waals surface area contributed by atoms with Gasteiger partial charge in [-0.25, -0.2) is 13.1 Å². The highest BCUT2D eigenvalue weighted by molar-refractivity contribution is 9.11. The maximum Gasteiger partial charge on any atom is 0.241 e. The van der Waals surface area contributed by atoms with E-state index >= 15 is 0 Å². The van der Waals surface area contributed by atoms with Crippen molar-refractivity contribution in [3.05, 3.63) is 50.9 Å². The highest BCUT2D eigenvalue weighted by Gasteiger charge is 2.20. The van der Waals surface area contributed by atoms with Crippen molar-refractivity contribution in [1.82, 2.24) is 4.72 Å². The lowest BCUT2D eigenvalue weighted by Crippen LogP contribution is -2.25. The van der Waals surface area contributed by atoms with Crippen LogP contribution < -0.4 is 14.2 Å². The van der Waals surface area contributed by atoms with E-state index in [0.717, 1.165) is 10.0 Å². The molecule has 1 heterocycles. The molecule has 2 aromatic carbocycles. The van der Waals surface area contributed by atoms with Gasteiger partial charge in [0.05, 0.1) is 4.90 Å². The molecule has 0 aromatic heterocycles. The molecule has 0 saturated carbocycles. The highest BCUT2D eigenvalue weighted by Crippen LogP contribution is 2.34. The summed E-state index contributed by atoms with van der Waals surface area (Å²) in [6.07, 6.45) is 0. The second kappa shape index (κ2) is 6.80. The van der Waals surface area contributed by atoms with E-state index in [1.165, 1.54) is 6.07 Å². The van der Waals surface area contributed by atoms with Crippen molar-refractivity contribution >= 4 is 41.9 Å². The summed E-state index contributed by atoms with van der Waals surface area (Å²) in [5.41, 5.74) is 0.735. The van der Waals surface area contributed by atoms with E-state index in [4.69, 9.17) is 9.47 Å². The van der Waals surface area contributed by atoms with Gasteiger partial charge in [0.15, 0.2) is 11.5 Å². The van der Waals surface area contributed by atoms with Crippen LogP contribution in [0.25, 0.3) is 0 Å². The van der Waals surface area contributed by atoms with E-state index in [1.54, 1.807) is 18.2 Å². The molecule has 5 nitrogen and oxygen atoms in total. The number of hydrogen-bond donors (Lipinski definition) is 1. The van der Waals surface area contributed by atoms with Gasteiger partial charge in [-0.05, 0) is 40.2 Å². The molecule has 0 fully saturated rings. The van der Waals surface area contributed by atoms with E-state index in [9.17, 15) is 8.42 Å². The van der Waals surface area contributed by atoms with E-state index in [0.29, 0.717) is 29.2 Å². The van der Waals surface area contributed by atoms with Crippen LogP contribution in [0.5, 0.6) is 11.5 Å². The minimum Gasteiger partial charge on any atom is -0.486 e. The van der Waals surface area contributed by atoms with Crippen LogP contribution in [0, 0.1) is 0 Å². The fraction of sp³-hybridized carbons (Fsp3) is 0.200. The summed E-state index contributed by atoms with van der Waals surface area (Å²) in [7, 11) is -3.65. The molecule has 0 unspecified atom stereocenters. The molecular formula is C15H13Br2NO4S. The lowest BCUT2D eigenvalue weighted by molar-refractivity contribution is 0.170. The van der Waals surface area contributed by atoms with Gasteiger partial charge in [-0.1, -0.05) is 28.1 Å². The number of hydrogen-bond acceptors (Lipinski definition) is 4. The van der Waals surface area contributed by atoms with Crippen LogP contribution in [0.1, 0.15) is 5.56 Å². The summed E-state index contributed by atoms with van der Waals surface area (Å²) in [5, 5.41) is 0. The Balaban J connectivity index is 1.83. The van der Waals surface area contributed by atoms with Gasteiger partial charge in [-0.2, -0.15) is 0 Å². The van der Waals surface area contributed by atoms with Gasteiger partial charge in [0.25, 0.3) is 0 Å². The van der Waals surface area contributed by atoms with Gasteiger partial charge >= 0.3 is 0 Å². The molecule has 0 bridgehead atoms. The van der Waals surface area contributed by atoms with Crippen molar-refractivity contribution in [1.29, 1.82) is 0 Å². The average molecular weight is 463 g/mol. The third kappa shape index (κ3) is 3.71. The number of fused-ring (bicyclic) bond motifs is 1. The Bertz CT molecular complexity index is 839. The fourth-order valence-electron chi connectivity index (χ4n) is 2.22. The molecule has 8 heteroatoms. The van der Waals surface area contributed by atoms with Crippen LogP contribution in [-0.2, 0) is 16.6 Å². The minimum absolute atomic E-state index is 0.122. The Morgan fingerprint density at radius 1 is 1.09 bits per heavy atom. The molecule has 2 aromatic rings. The van der Waals surface area contributed by atoms with Crippen molar-refractivity contribution < 1.29 is 17.9 Å². The predicted molar refractivity (Wildman–Crippen MR) is 93.3 cm³/mol. The van der Waals surface area contributed by atoms with Crippen molar-refractivity contribution in [2.75, 3.05) is 13.2 Å². The van der Waals surface area contributed by atoms with E-state index < -0.39 is 10.0 Å². The molecule has 1 aliphatic heterocycles. The fourth-order valence-corrected chi connectivity index (χ4v) is 4.97. The number of rotatable bonds is 4. The molecule has 1 aliphatic rings. The maximum absolute atomic E-state index is 12.5. The Morgan fingerprint density at radius 3 is 2.65 bits per heavy atom. The van der Waals surface area contributed by atoms with Crippen LogP contribution in [0.3, 0.4) is 0 Å². The maximum atomic E-state index is 12.5. The van der Waals surface area contributed by atoms with Crippen LogP contribution >= 0.6 is 31.9 Å². The third-order valence-corrected chi connectivity index (χ3v) is 6.16. The molecule has 3 rings (SSSR count). The van der Waals surface area contributed by atoms with Gasteiger partial charge in [0, 0.05) is 21.1 Å². The Kier molecular flexibility index (Phi) is 4.96. The first kappa shape index (κ1) is 16.8. The monoisotopic (exact) mass is 461 g/mol. The quantitative estimate of drug-likeness (QED) is 0.755. The van der Waals surface area contributed by atoms with E-state index in [1.807, 2.05) is 12.1 Å². The van der Waals surface area contributed by atoms with E-state index in [-0.39, 0.29) is 11.4 Å². The van der Waals surface area contributed by atoms with Gasteiger partial charge in [0.1, 0.15) is 13.2 Å². The van der Waals surface area contributed by atoms with Crippen LogP contribution in [0.2, 0.25) is 0 Å². The number of halogens is 2. The first-order valence-electron chi connectivity index (χ1n) is 6.79. The molecule has 0 atom stereocenters. The SMILES string of the molecule is O=S(=O)(NCc1cccc2c1OCCO2)c1ccc(Br)cc1Br. The molecule has 0 spiro atoms. The van der Waals surface area contributed by atoms with Gasteiger partial charge in [0.2, 0.25) is 10.0 Å². The molecule has 23 heavy (non-hydrogen) atoms. The molecule has 122 valence electrons. The first-order valence-corrected chi connectivity index (χ1v) is 9.86. The molecular weight excluding hydrogens is 450 g/mol. The summed E-state index contributed by atoms with van der Waals surface area (Å²) in [6.45, 7) is 1.07. The summed E-state index contributed by atoms with van der Waals surface area (Å²) in [6, 6.07) is 10.3. The largest absolute Gasteiger partial charge is 0.486 e. The Morgan fingerprint density at radius 2 is 1.87 bits per heavy atom. The molecule has 1 N–H and O–H groups in total. The zero-order chi connectivity index (χ0) is 16.4. The summed E-state index contributed by atoms with van der Waals surface area (Å²) >= 11 is 6.58. The molecule has 0 aliphatic carbocycles. The van der Waals surface area contributed by atoms with Gasteiger partial charge in [-0.3, -0.25) is 0 Å². The van der Waals surface area contributed by atoms with Crippen LogP contribution in [-0.4, -0.2) is 21.6 Å². The number of ether oxygens (including phenoxy) is 2. The standard InChI is InChI=1S/C15H13Br2NO4S/c16-11-4-5-14(12(17)8-11)23(19,20)18-9-10-2-1-3-13-15(10)22-7-6-21-13/h1-5,8,18H,6-7,9H2. The molecule has 0 radical (unpaired) electrons. The van der Waals surface area contributed by atoms with E-state index in [2.05, 4.69) is 36.6 Å². The number of benzene rings is 2.